The van der Waals surface area contributed by atoms with Crippen LogP contribution in [-0.2, 0) is 10.2 Å². The van der Waals surface area contributed by atoms with Gasteiger partial charge in [0.15, 0.2) is 5.96 Å². The molecule has 1 amide bonds. The van der Waals surface area contributed by atoms with Crippen LogP contribution in [0.1, 0.15) is 64.9 Å². The first-order valence-electron chi connectivity index (χ1n) is 11.4. The van der Waals surface area contributed by atoms with Crippen molar-refractivity contribution in [1.29, 1.82) is 0 Å². The molecule has 0 spiro atoms. The topological polar surface area (TPSA) is 66.0 Å². The van der Waals surface area contributed by atoms with E-state index in [0.717, 1.165) is 56.6 Å². The Balaban J connectivity index is 0.00000289. The van der Waals surface area contributed by atoms with E-state index >= 15 is 0 Å². The van der Waals surface area contributed by atoms with Crippen LogP contribution < -0.4 is 10.6 Å². The molecule has 3 fully saturated rings. The van der Waals surface area contributed by atoms with Crippen molar-refractivity contribution in [3.8, 4) is 0 Å². The summed E-state index contributed by atoms with van der Waals surface area (Å²) in [4.78, 5) is 19.0. The van der Waals surface area contributed by atoms with E-state index in [1.165, 1.54) is 6.07 Å². The SMILES string of the molecule is CN=C(NCC1(c2cccc(F)c2)CC1)NC1CC2CCC(C1)N2C(=O)OC(C)(C)C.I. The molecule has 3 aliphatic rings. The summed E-state index contributed by atoms with van der Waals surface area (Å²) in [6.45, 7) is 6.47. The van der Waals surface area contributed by atoms with Crippen LogP contribution in [0.3, 0.4) is 0 Å². The number of piperidine rings is 1. The molecule has 2 heterocycles. The molecule has 4 rings (SSSR count). The van der Waals surface area contributed by atoms with E-state index in [4.69, 9.17) is 4.74 Å². The molecule has 2 saturated heterocycles. The lowest BCUT2D eigenvalue weighted by atomic mass is 9.96. The molecule has 1 aromatic carbocycles. The molecule has 8 heteroatoms. The van der Waals surface area contributed by atoms with Crippen LogP contribution in [0.2, 0.25) is 0 Å². The molecule has 2 aliphatic heterocycles. The van der Waals surface area contributed by atoms with Crippen LogP contribution in [0.5, 0.6) is 0 Å². The molecule has 2 atom stereocenters. The highest BCUT2D eigenvalue weighted by molar-refractivity contribution is 14.0. The number of halogens is 2. The van der Waals surface area contributed by atoms with E-state index in [9.17, 15) is 9.18 Å². The van der Waals surface area contributed by atoms with Crippen molar-refractivity contribution in [3.05, 3.63) is 35.6 Å². The Hall–Kier alpha value is -1.58. The van der Waals surface area contributed by atoms with Gasteiger partial charge in [-0.25, -0.2) is 9.18 Å². The Morgan fingerprint density at radius 2 is 1.91 bits per heavy atom. The number of hydrogen-bond donors (Lipinski definition) is 2. The monoisotopic (exact) mass is 558 g/mol. The number of benzene rings is 1. The molecule has 1 aliphatic carbocycles. The molecule has 2 unspecified atom stereocenters. The third kappa shape index (κ3) is 5.66. The minimum atomic E-state index is -0.474. The summed E-state index contributed by atoms with van der Waals surface area (Å²) >= 11 is 0. The first-order valence-corrected chi connectivity index (χ1v) is 11.4. The zero-order valence-electron chi connectivity index (χ0n) is 19.5. The van der Waals surface area contributed by atoms with E-state index in [-0.39, 0.29) is 59.4 Å². The van der Waals surface area contributed by atoms with Crippen LogP contribution in [-0.4, -0.2) is 54.3 Å². The fourth-order valence-electron chi connectivity index (χ4n) is 5.09. The highest BCUT2D eigenvalue weighted by atomic mass is 127. The minimum absolute atomic E-state index is 0. The van der Waals surface area contributed by atoms with E-state index in [2.05, 4.69) is 15.6 Å². The second-order valence-electron chi connectivity index (χ2n) is 10.3. The normalized spacial score (nSPS) is 26.2. The maximum atomic E-state index is 13.7. The highest BCUT2D eigenvalue weighted by Gasteiger charge is 2.46. The van der Waals surface area contributed by atoms with Crippen molar-refractivity contribution < 1.29 is 13.9 Å². The zero-order valence-corrected chi connectivity index (χ0v) is 21.8. The van der Waals surface area contributed by atoms with Gasteiger partial charge in [-0.1, -0.05) is 12.1 Å². The van der Waals surface area contributed by atoms with Gasteiger partial charge in [0.05, 0.1) is 0 Å². The fourth-order valence-corrected chi connectivity index (χ4v) is 5.09. The first-order chi connectivity index (χ1) is 14.7. The van der Waals surface area contributed by atoms with Crippen molar-refractivity contribution in [2.45, 2.75) is 88.4 Å². The quantitative estimate of drug-likeness (QED) is 0.323. The molecule has 6 nitrogen and oxygen atoms in total. The number of rotatable bonds is 4. The average Bonchev–Trinajstić information content (AvgIpc) is 3.43. The van der Waals surface area contributed by atoms with Gasteiger partial charge in [0.25, 0.3) is 0 Å². The van der Waals surface area contributed by atoms with Gasteiger partial charge in [-0.15, -0.1) is 24.0 Å². The summed E-state index contributed by atoms with van der Waals surface area (Å²) < 4.78 is 19.3. The van der Waals surface area contributed by atoms with Gasteiger partial charge in [-0.2, -0.15) is 0 Å². The second-order valence-corrected chi connectivity index (χ2v) is 10.3. The van der Waals surface area contributed by atoms with Crippen LogP contribution in [0.25, 0.3) is 0 Å². The molecule has 1 saturated carbocycles. The van der Waals surface area contributed by atoms with Crippen LogP contribution in [0, 0.1) is 5.82 Å². The molecule has 32 heavy (non-hydrogen) atoms. The number of hydrogen-bond acceptors (Lipinski definition) is 3. The van der Waals surface area contributed by atoms with Gasteiger partial charge in [-0.05, 0) is 77.0 Å². The summed E-state index contributed by atoms with van der Waals surface area (Å²) in [5.41, 5.74) is 0.579. The number of nitrogens with zero attached hydrogens (tertiary/aromatic N) is 2. The third-order valence-corrected chi connectivity index (χ3v) is 6.79. The van der Waals surface area contributed by atoms with Crippen LogP contribution in [0.15, 0.2) is 29.3 Å². The van der Waals surface area contributed by atoms with Gasteiger partial charge in [-0.3, -0.25) is 4.99 Å². The van der Waals surface area contributed by atoms with Gasteiger partial charge in [0, 0.05) is 37.1 Å². The maximum absolute atomic E-state index is 13.7. The van der Waals surface area contributed by atoms with Gasteiger partial charge in [0.1, 0.15) is 11.4 Å². The smallest absolute Gasteiger partial charge is 0.410 e. The number of amides is 1. The lowest BCUT2D eigenvalue weighted by Gasteiger charge is -2.40. The van der Waals surface area contributed by atoms with Crippen molar-refractivity contribution in [2.75, 3.05) is 13.6 Å². The minimum Gasteiger partial charge on any atom is -0.444 e. The molecule has 1 aromatic rings. The Labute approximate surface area is 207 Å². The van der Waals surface area contributed by atoms with Crippen molar-refractivity contribution >= 4 is 36.0 Å². The Morgan fingerprint density at radius 1 is 1.25 bits per heavy atom. The lowest BCUT2D eigenvalue weighted by Crippen LogP contribution is -2.55. The average molecular weight is 558 g/mol. The number of carbonyl (C=O) groups is 1. The predicted octanol–water partition coefficient (Wildman–Crippen LogP) is 4.57. The zero-order chi connectivity index (χ0) is 22.2. The number of nitrogens with one attached hydrogen (secondary N) is 2. The molecular weight excluding hydrogens is 522 g/mol. The molecule has 2 N–H and O–H groups in total. The van der Waals surface area contributed by atoms with Crippen molar-refractivity contribution in [1.82, 2.24) is 15.5 Å². The molecule has 0 aromatic heterocycles. The lowest BCUT2D eigenvalue weighted by molar-refractivity contribution is 0.00545. The van der Waals surface area contributed by atoms with Gasteiger partial charge < -0.3 is 20.3 Å². The Bertz CT molecular complexity index is 839. The standard InChI is InChI=1S/C24H35FN4O2.HI/c1-23(2,3)31-22(30)29-19-8-9-20(29)14-18(13-19)28-21(26-4)27-15-24(10-11-24)16-6-5-7-17(25)12-16;/h5-7,12,18-20H,8-11,13-15H2,1-4H3,(H2,26,27,28);1H. The second kappa shape index (κ2) is 9.73. The van der Waals surface area contributed by atoms with Gasteiger partial charge in [0.2, 0.25) is 0 Å². The summed E-state index contributed by atoms with van der Waals surface area (Å²) in [6.07, 6.45) is 5.76. The number of carbonyl (C=O) groups excluding carboxylic acids is 1. The number of aliphatic imine (C=N–C) groups is 1. The summed E-state index contributed by atoms with van der Waals surface area (Å²) in [5, 5.41) is 7.03. The highest BCUT2D eigenvalue weighted by Crippen LogP contribution is 2.47. The predicted molar refractivity (Wildman–Crippen MR) is 135 cm³/mol. The van der Waals surface area contributed by atoms with E-state index in [1.54, 1.807) is 19.2 Å². The molecule has 0 radical (unpaired) electrons. The Kier molecular flexibility index (Phi) is 7.62. The van der Waals surface area contributed by atoms with E-state index in [0.29, 0.717) is 0 Å². The number of guanidine groups is 1. The Morgan fingerprint density at radius 3 is 2.44 bits per heavy atom. The first kappa shape index (κ1) is 25.1. The summed E-state index contributed by atoms with van der Waals surface area (Å²) in [6, 6.07) is 7.63. The number of fused-ring (bicyclic) bond motifs is 2. The summed E-state index contributed by atoms with van der Waals surface area (Å²) in [7, 11) is 1.78. The fraction of sp³-hybridized carbons (Fsp3) is 0.667. The molecular formula is C24H36FIN4O2. The molecule has 2 bridgehead atoms. The van der Waals surface area contributed by atoms with Gasteiger partial charge >= 0.3 is 6.09 Å². The largest absolute Gasteiger partial charge is 0.444 e. The molecule has 178 valence electrons. The summed E-state index contributed by atoms with van der Waals surface area (Å²) in [5.74, 6) is 0.594. The third-order valence-electron chi connectivity index (χ3n) is 6.79. The van der Waals surface area contributed by atoms with Crippen molar-refractivity contribution in [3.63, 3.8) is 0 Å². The van der Waals surface area contributed by atoms with E-state index < -0.39 is 5.60 Å². The maximum Gasteiger partial charge on any atom is 0.410 e. The van der Waals surface area contributed by atoms with Crippen LogP contribution in [0.4, 0.5) is 9.18 Å². The number of ether oxygens (including phenoxy) is 1. The van der Waals surface area contributed by atoms with Crippen LogP contribution >= 0.6 is 24.0 Å². The van der Waals surface area contributed by atoms with Crippen molar-refractivity contribution in [2.24, 2.45) is 4.99 Å². The van der Waals surface area contributed by atoms with E-state index in [1.807, 2.05) is 31.7 Å².